The van der Waals surface area contributed by atoms with Gasteiger partial charge in [-0.1, -0.05) is 18.2 Å². The monoisotopic (exact) mass is 468 g/mol. The SMILES string of the molecule is CN=C(NCc1cc(C#N)ccc1F)N(C)CCOc1ccccc1.I. The van der Waals surface area contributed by atoms with E-state index in [1.54, 1.807) is 7.05 Å². The Morgan fingerprint density at radius 1 is 1.27 bits per heavy atom. The van der Waals surface area contributed by atoms with E-state index < -0.39 is 0 Å². The molecule has 138 valence electrons. The first kappa shape index (κ1) is 21.7. The Morgan fingerprint density at radius 3 is 2.65 bits per heavy atom. The van der Waals surface area contributed by atoms with Gasteiger partial charge in [-0.05, 0) is 30.3 Å². The van der Waals surface area contributed by atoms with E-state index in [-0.39, 0.29) is 36.3 Å². The number of benzene rings is 2. The molecule has 0 spiro atoms. The number of rotatable bonds is 6. The lowest BCUT2D eigenvalue weighted by molar-refractivity contribution is 0.281. The normalized spacial score (nSPS) is 10.5. The third-order valence-electron chi connectivity index (χ3n) is 3.62. The van der Waals surface area contributed by atoms with E-state index in [0.29, 0.717) is 30.2 Å². The highest BCUT2D eigenvalue weighted by Gasteiger charge is 2.08. The summed E-state index contributed by atoms with van der Waals surface area (Å²) in [6.45, 7) is 1.37. The van der Waals surface area contributed by atoms with Crippen molar-refractivity contribution < 1.29 is 9.13 Å². The van der Waals surface area contributed by atoms with Crippen LogP contribution in [-0.4, -0.2) is 38.1 Å². The third kappa shape index (κ3) is 6.52. The van der Waals surface area contributed by atoms with Gasteiger partial charge in [0.05, 0.1) is 18.2 Å². The van der Waals surface area contributed by atoms with Crippen LogP contribution >= 0.6 is 24.0 Å². The largest absolute Gasteiger partial charge is 0.492 e. The average Bonchev–Trinajstić information content (AvgIpc) is 2.64. The molecule has 0 saturated carbocycles. The summed E-state index contributed by atoms with van der Waals surface area (Å²) in [6, 6.07) is 15.9. The lowest BCUT2D eigenvalue weighted by Crippen LogP contribution is -2.40. The number of para-hydroxylation sites is 1. The van der Waals surface area contributed by atoms with E-state index in [1.165, 1.54) is 18.2 Å². The van der Waals surface area contributed by atoms with Gasteiger partial charge in [-0.15, -0.1) is 24.0 Å². The molecule has 5 nitrogen and oxygen atoms in total. The minimum absolute atomic E-state index is 0. The maximum absolute atomic E-state index is 13.8. The van der Waals surface area contributed by atoms with Gasteiger partial charge in [-0.2, -0.15) is 5.26 Å². The van der Waals surface area contributed by atoms with Crippen LogP contribution < -0.4 is 10.1 Å². The van der Waals surface area contributed by atoms with Crippen molar-refractivity contribution in [1.29, 1.82) is 5.26 Å². The Morgan fingerprint density at radius 2 is 2.00 bits per heavy atom. The van der Waals surface area contributed by atoms with Crippen LogP contribution in [0.15, 0.2) is 53.5 Å². The second-order valence-electron chi connectivity index (χ2n) is 5.40. The number of nitriles is 1. The Balaban J connectivity index is 0.00000338. The van der Waals surface area contributed by atoms with E-state index >= 15 is 0 Å². The van der Waals surface area contributed by atoms with Gasteiger partial charge in [0, 0.05) is 26.2 Å². The molecule has 0 aromatic heterocycles. The van der Waals surface area contributed by atoms with E-state index in [9.17, 15) is 4.39 Å². The zero-order valence-electron chi connectivity index (χ0n) is 14.8. The van der Waals surface area contributed by atoms with Crippen LogP contribution in [0.1, 0.15) is 11.1 Å². The summed E-state index contributed by atoms with van der Waals surface area (Å²) in [7, 11) is 3.55. The molecule has 0 amide bonds. The van der Waals surface area contributed by atoms with Crippen LogP contribution in [-0.2, 0) is 6.54 Å². The van der Waals surface area contributed by atoms with Crippen LogP contribution in [0.2, 0.25) is 0 Å². The molecule has 2 aromatic rings. The number of likely N-dealkylation sites (N-methyl/N-ethyl adjacent to an activating group) is 1. The maximum atomic E-state index is 13.8. The molecule has 26 heavy (non-hydrogen) atoms. The second-order valence-corrected chi connectivity index (χ2v) is 5.40. The summed E-state index contributed by atoms with van der Waals surface area (Å²) in [6.07, 6.45) is 0. The Hall–Kier alpha value is -2.34. The second kappa shape index (κ2) is 11.3. The molecule has 0 fully saturated rings. The number of aliphatic imine (C=N–C) groups is 1. The van der Waals surface area contributed by atoms with Crippen molar-refractivity contribution in [2.45, 2.75) is 6.54 Å². The predicted octanol–water partition coefficient (Wildman–Crippen LogP) is 3.40. The van der Waals surface area contributed by atoms with Gasteiger partial charge >= 0.3 is 0 Å². The number of ether oxygens (including phenoxy) is 1. The standard InChI is InChI=1S/C19H21FN4O.HI/c1-22-19(23-14-16-12-15(13-21)8-9-18(16)20)24(2)10-11-25-17-6-4-3-5-7-17;/h3-9,12H,10-11,14H2,1-2H3,(H,22,23);1H. The number of halogens is 2. The van der Waals surface area contributed by atoms with Gasteiger partial charge in [-0.3, -0.25) is 4.99 Å². The zero-order valence-corrected chi connectivity index (χ0v) is 17.1. The number of nitrogens with one attached hydrogen (secondary N) is 1. The fourth-order valence-corrected chi connectivity index (χ4v) is 2.26. The Kier molecular flexibility index (Phi) is 9.44. The van der Waals surface area contributed by atoms with Crippen LogP contribution in [0, 0.1) is 17.1 Å². The highest BCUT2D eigenvalue weighted by molar-refractivity contribution is 14.0. The molecule has 0 radical (unpaired) electrons. The Bertz CT molecular complexity index is 762. The van der Waals surface area contributed by atoms with Crippen molar-refractivity contribution >= 4 is 29.9 Å². The first-order chi connectivity index (χ1) is 12.1. The molecular formula is C19H22FIN4O. The molecule has 0 aliphatic heterocycles. The van der Waals surface area contributed by atoms with E-state index in [1.807, 2.05) is 48.3 Å². The van der Waals surface area contributed by atoms with Gasteiger partial charge in [0.2, 0.25) is 0 Å². The van der Waals surface area contributed by atoms with Crippen molar-refractivity contribution in [2.75, 3.05) is 27.2 Å². The van der Waals surface area contributed by atoms with Gasteiger partial charge in [0.1, 0.15) is 18.2 Å². The predicted molar refractivity (Wildman–Crippen MR) is 111 cm³/mol. The van der Waals surface area contributed by atoms with Crippen molar-refractivity contribution in [3.63, 3.8) is 0 Å². The summed E-state index contributed by atoms with van der Waals surface area (Å²) < 4.78 is 19.5. The molecule has 1 N–H and O–H groups in total. The molecule has 0 aliphatic rings. The van der Waals surface area contributed by atoms with Crippen LogP contribution in [0.5, 0.6) is 5.75 Å². The van der Waals surface area contributed by atoms with Gasteiger partial charge in [0.15, 0.2) is 5.96 Å². The van der Waals surface area contributed by atoms with E-state index in [0.717, 1.165) is 5.75 Å². The number of nitrogens with zero attached hydrogens (tertiary/aromatic N) is 3. The first-order valence-electron chi connectivity index (χ1n) is 7.92. The molecule has 2 aromatic carbocycles. The minimum atomic E-state index is -0.350. The molecule has 0 atom stereocenters. The number of hydrogen-bond donors (Lipinski definition) is 1. The molecule has 0 bridgehead atoms. The average molecular weight is 468 g/mol. The van der Waals surface area contributed by atoms with Crippen LogP contribution in [0.25, 0.3) is 0 Å². The number of hydrogen-bond acceptors (Lipinski definition) is 3. The molecule has 2 rings (SSSR count). The summed E-state index contributed by atoms with van der Waals surface area (Å²) in [5, 5.41) is 12.0. The molecule has 0 aliphatic carbocycles. The van der Waals surface area contributed by atoms with Crippen LogP contribution in [0.3, 0.4) is 0 Å². The topological polar surface area (TPSA) is 60.7 Å². The van der Waals surface area contributed by atoms with E-state index in [2.05, 4.69) is 10.3 Å². The van der Waals surface area contributed by atoms with Gasteiger partial charge in [-0.25, -0.2) is 4.39 Å². The van der Waals surface area contributed by atoms with Crippen molar-refractivity contribution in [3.8, 4) is 11.8 Å². The van der Waals surface area contributed by atoms with Gasteiger partial charge in [0.25, 0.3) is 0 Å². The minimum Gasteiger partial charge on any atom is -0.492 e. The fraction of sp³-hybridized carbons (Fsp3) is 0.263. The number of guanidine groups is 1. The highest BCUT2D eigenvalue weighted by atomic mass is 127. The molecule has 0 unspecified atom stereocenters. The fourth-order valence-electron chi connectivity index (χ4n) is 2.26. The maximum Gasteiger partial charge on any atom is 0.193 e. The molecular weight excluding hydrogens is 446 g/mol. The van der Waals surface area contributed by atoms with Crippen molar-refractivity contribution in [1.82, 2.24) is 10.2 Å². The van der Waals surface area contributed by atoms with Gasteiger partial charge < -0.3 is 15.0 Å². The summed E-state index contributed by atoms with van der Waals surface area (Å²) >= 11 is 0. The quantitative estimate of drug-likeness (QED) is 0.401. The summed E-state index contributed by atoms with van der Waals surface area (Å²) in [5.41, 5.74) is 0.854. The third-order valence-corrected chi connectivity index (χ3v) is 3.62. The molecule has 0 saturated heterocycles. The molecule has 0 heterocycles. The van der Waals surface area contributed by atoms with Crippen molar-refractivity contribution in [2.24, 2.45) is 4.99 Å². The van der Waals surface area contributed by atoms with Crippen LogP contribution in [0.4, 0.5) is 4.39 Å². The summed E-state index contributed by atoms with van der Waals surface area (Å²) in [4.78, 5) is 6.09. The smallest absolute Gasteiger partial charge is 0.193 e. The lowest BCUT2D eigenvalue weighted by Gasteiger charge is -2.22. The van der Waals surface area contributed by atoms with Crippen molar-refractivity contribution in [3.05, 3.63) is 65.5 Å². The lowest BCUT2D eigenvalue weighted by atomic mass is 10.1. The van der Waals surface area contributed by atoms with E-state index in [4.69, 9.17) is 10.00 Å². The highest BCUT2D eigenvalue weighted by Crippen LogP contribution is 2.10. The zero-order chi connectivity index (χ0) is 18.1. The Labute approximate surface area is 170 Å². The first-order valence-corrected chi connectivity index (χ1v) is 7.92. The summed E-state index contributed by atoms with van der Waals surface area (Å²) in [5.74, 6) is 1.09. The molecule has 7 heteroatoms.